The molecule has 0 unspecified atom stereocenters. The van der Waals surface area contributed by atoms with E-state index in [0.29, 0.717) is 5.69 Å². The summed E-state index contributed by atoms with van der Waals surface area (Å²) in [6, 6.07) is 1.67. The first-order valence-corrected chi connectivity index (χ1v) is 7.26. The van der Waals surface area contributed by atoms with Crippen molar-refractivity contribution in [1.82, 2.24) is 24.5 Å². The van der Waals surface area contributed by atoms with Crippen molar-refractivity contribution >= 4 is 17.4 Å². The molecule has 0 aromatic carbocycles. The smallest absolute Gasteiger partial charge is 0.271 e. The molecule has 0 bridgehead atoms. The minimum absolute atomic E-state index is 0.0595. The second-order valence-electron chi connectivity index (χ2n) is 4.52. The number of rotatable bonds is 3. The van der Waals surface area contributed by atoms with Gasteiger partial charge in [-0.3, -0.25) is 4.79 Å². The number of hydrogen-bond acceptors (Lipinski definition) is 5. The minimum atomic E-state index is -0.138. The van der Waals surface area contributed by atoms with Gasteiger partial charge in [0, 0.05) is 18.3 Å². The molecule has 1 aliphatic heterocycles. The molecular formula is C12H15N5OS. The number of carbonyl (C=O) groups excluding carboxylic acids is 1. The van der Waals surface area contributed by atoms with Gasteiger partial charge in [0.1, 0.15) is 11.5 Å². The fourth-order valence-electron chi connectivity index (χ4n) is 2.25. The molecule has 1 amide bonds. The Kier molecular flexibility index (Phi) is 3.29. The average molecular weight is 277 g/mol. The van der Waals surface area contributed by atoms with E-state index in [1.54, 1.807) is 11.4 Å². The maximum absolute atomic E-state index is 12.0. The largest absolute Gasteiger partial charge is 0.341 e. The molecule has 7 heteroatoms. The summed E-state index contributed by atoms with van der Waals surface area (Å²) in [7, 11) is 0. The number of nitrogens with one attached hydrogen (secondary N) is 1. The van der Waals surface area contributed by atoms with Crippen molar-refractivity contribution in [2.75, 3.05) is 0 Å². The van der Waals surface area contributed by atoms with Crippen molar-refractivity contribution in [3.8, 4) is 0 Å². The van der Waals surface area contributed by atoms with Crippen molar-refractivity contribution in [3.05, 3.63) is 28.8 Å². The van der Waals surface area contributed by atoms with Crippen LogP contribution in [-0.2, 0) is 13.0 Å². The number of carbonyl (C=O) groups is 1. The van der Waals surface area contributed by atoms with E-state index >= 15 is 0 Å². The van der Waals surface area contributed by atoms with Crippen molar-refractivity contribution in [3.63, 3.8) is 0 Å². The first kappa shape index (κ1) is 12.3. The van der Waals surface area contributed by atoms with Gasteiger partial charge in [-0.1, -0.05) is 6.92 Å². The summed E-state index contributed by atoms with van der Waals surface area (Å²) in [5.41, 5.74) is 0.470. The van der Waals surface area contributed by atoms with E-state index in [4.69, 9.17) is 0 Å². The van der Waals surface area contributed by atoms with Crippen LogP contribution >= 0.6 is 11.5 Å². The summed E-state index contributed by atoms with van der Waals surface area (Å²) in [5.74, 6) is 1.57. The maximum atomic E-state index is 12.0. The van der Waals surface area contributed by atoms with Gasteiger partial charge in [0.05, 0.1) is 6.04 Å². The van der Waals surface area contributed by atoms with Crippen LogP contribution in [-0.4, -0.2) is 25.0 Å². The van der Waals surface area contributed by atoms with Gasteiger partial charge < -0.3 is 5.32 Å². The lowest BCUT2D eigenvalue weighted by atomic mass is 10.1. The summed E-state index contributed by atoms with van der Waals surface area (Å²) in [6.45, 7) is 2.91. The molecule has 19 heavy (non-hydrogen) atoms. The highest BCUT2D eigenvalue weighted by molar-refractivity contribution is 7.03. The summed E-state index contributed by atoms with van der Waals surface area (Å²) >= 11 is 1.28. The molecule has 1 atom stereocenters. The molecule has 6 nitrogen and oxygen atoms in total. The molecule has 0 saturated carbocycles. The lowest BCUT2D eigenvalue weighted by molar-refractivity contribution is 0.0923. The molecule has 3 rings (SSSR count). The van der Waals surface area contributed by atoms with Crippen LogP contribution in [0.4, 0.5) is 0 Å². The van der Waals surface area contributed by atoms with Crippen LogP contribution in [0.2, 0.25) is 0 Å². The molecule has 0 fully saturated rings. The predicted octanol–water partition coefficient (Wildman–Crippen LogP) is 1.56. The zero-order valence-corrected chi connectivity index (χ0v) is 11.5. The Morgan fingerprint density at radius 2 is 2.53 bits per heavy atom. The topological polar surface area (TPSA) is 72.7 Å². The monoisotopic (exact) mass is 277 g/mol. The molecule has 2 aromatic heterocycles. The van der Waals surface area contributed by atoms with E-state index in [-0.39, 0.29) is 11.9 Å². The second-order valence-corrected chi connectivity index (χ2v) is 5.18. The lowest BCUT2D eigenvalue weighted by Crippen LogP contribution is -2.33. The van der Waals surface area contributed by atoms with E-state index in [0.717, 1.165) is 37.5 Å². The van der Waals surface area contributed by atoms with Gasteiger partial charge >= 0.3 is 0 Å². The average Bonchev–Trinajstić information content (AvgIpc) is 3.08. The van der Waals surface area contributed by atoms with Gasteiger partial charge in [-0.05, 0) is 30.4 Å². The number of hydrogen-bond donors (Lipinski definition) is 1. The van der Waals surface area contributed by atoms with Crippen LogP contribution < -0.4 is 5.32 Å². The van der Waals surface area contributed by atoms with Gasteiger partial charge in [0.25, 0.3) is 5.91 Å². The molecule has 3 heterocycles. The Balaban J connectivity index is 1.80. The zero-order chi connectivity index (χ0) is 13.2. The van der Waals surface area contributed by atoms with E-state index in [1.165, 1.54) is 11.5 Å². The normalized spacial score (nSPS) is 18.1. The molecule has 1 aliphatic rings. The van der Waals surface area contributed by atoms with Gasteiger partial charge in [-0.25, -0.2) is 9.67 Å². The molecule has 100 valence electrons. The Hall–Kier alpha value is -1.76. The summed E-state index contributed by atoms with van der Waals surface area (Å²) in [5, 5.41) is 9.23. The lowest BCUT2D eigenvalue weighted by Gasteiger charge is -2.22. The minimum Gasteiger partial charge on any atom is -0.341 e. The zero-order valence-electron chi connectivity index (χ0n) is 10.7. The first-order chi connectivity index (χ1) is 9.28. The van der Waals surface area contributed by atoms with Gasteiger partial charge in [-0.15, -0.1) is 0 Å². The predicted molar refractivity (Wildman–Crippen MR) is 71.0 cm³/mol. The fourth-order valence-corrected chi connectivity index (χ4v) is 2.76. The highest BCUT2D eigenvalue weighted by Crippen LogP contribution is 2.23. The van der Waals surface area contributed by atoms with Crippen molar-refractivity contribution in [2.45, 2.75) is 38.8 Å². The SMILES string of the molecule is CCc1nc2n(n1)CCC[C@@H]2NC(=O)c1ccsn1. The number of aromatic nitrogens is 4. The maximum Gasteiger partial charge on any atom is 0.271 e. The van der Waals surface area contributed by atoms with E-state index in [1.807, 2.05) is 11.6 Å². The molecule has 1 N–H and O–H groups in total. The van der Waals surface area contributed by atoms with Crippen LogP contribution in [0.5, 0.6) is 0 Å². The van der Waals surface area contributed by atoms with Gasteiger partial charge in [0.15, 0.2) is 5.82 Å². The van der Waals surface area contributed by atoms with Gasteiger partial charge in [0.2, 0.25) is 0 Å². The number of amides is 1. The first-order valence-electron chi connectivity index (χ1n) is 6.42. The third kappa shape index (κ3) is 2.37. The molecular weight excluding hydrogens is 262 g/mol. The standard InChI is InChI=1S/C12H15N5OS/c1-2-10-14-11-8(4-3-6-17(11)15-10)13-12(18)9-5-7-19-16-9/h5,7-8H,2-4,6H2,1H3,(H,13,18)/t8-/m0/s1. The number of aryl methyl sites for hydroxylation is 2. The van der Waals surface area contributed by atoms with E-state index in [2.05, 4.69) is 19.8 Å². The van der Waals surface area contributed by atoms with E-state index in [9.17, 15) is 4.79 Å². The number of nitrogens with zero attached hydrogens (tertiary/aromatic N) is 4. The van der Waals surface area contributed by atoms with Crippen molar-refractivity contribution < 1.29 is 4.79 Å². The Morgan fingerprint density at radius 1 is 1.63 bits per heavy atom. The fraction of sp³-hybridized carbons (Fsp3) is 0.500. The van der Waals surface area contributed by atoms with Crippen LogP contribution in [0.25, 0.3) is 0 Å². The van der Waals surface area contributed by atoms with Crippen LogP contribution in [0.3, 0.4) is 0 Å². The Labute approximate surface area is 115 Å². The summed E-state index contributed by atoms with van der Waals surface area (Å²) in [6.07, 6.45) is 2.71. The quantitative estimate of drug-likeness (QED) is 0.924. The molecule has 0 saturated heterocycles. The number of fused-ring (bicyclic) bond motifs is 1. The highest BCUT2D eigenvalue weighted by atomic mass is 32.1. The van der Waals surface area contributed by atoms with E-state index < -0.39 is 0 Å². The van der Waals surface area contributed by atoms with Crippen LogP contribution in [0, 0.1) is 0 Å². The third-order valence-corrected chi connectivity index (χ3v) is 3.77. The van der Waals surface area contributed by atoms with Crippen LogP contribution in [0.1, 0.15) is 47.9 Å². The summed E-state index contributed by atoms with van der Waals surface area (Å²) < 4.78 is 5.96. The molecule has 0 radical (unpaired) electrons. The van der Waals surface area contributed by atoms with Gasteiger partial charge in [-0.2, -0.15) is 9.47 Å². The second kappa shape index (κ2) is 5.08. The van der Waals surface area contributed by atoms with Crippen molar-refractivity contribution in [2.24, 2.45) is 0 Å². The summed E-state index contributed by atoms with van der Waals surface area (Å²) in [4.78, 5) is 16.5. The molecule has 2 aromatic rings. The van der Waals surface area contributed by atoms with Crippen LogP contribution in [0.15, 0.2) is 11.4 Å². The highest BCUT2D eigenvalue weighted by Gasteiger charge is 2.26. The molecule has 0 spiro atoms. The Bertz CT molecular complexity index is 577. The third-order valence-electron chi connectivity index (χ3n) is 3.21. The van der Waals surface area contributed by atoms with Crippen molar-refractivity contribution in [1.29, 1.82) is 0 Å². The molecule has 0 aliphatic carbocycles. The Morgan fingerprint density at radius 3 is 3.26 bits per heavy atom.